The predicted molar refractivity (Wildman–Crippen MR) is 83.0 cm³/mol. The van der Waals surface area contributed by atoms with E-state index < -0.39 is 10.0 Å². The number of hydrogen-bond donors (Lipinski definition) is 1. The van der Waals surface area contributed by atoms with Crippen molar-refractivity contribution in [2.24, 2.45) is 0 Å². The molecular formula is C14H21ClN2O3S. The molecule has 21 heavy (non-hydrogen) atoms. The summed E-state index contributed by atoms with van der Waals surface area (Å²) in [6.45, 7) is 6.35. The highest BCUT2D eigenvalue weighted by molar-refractivity contribution is 7.89. The Bertz CT molecular complexity index is 584. The number of sulfonamides is 1. The van der Waals surface area contributed by atoms with Gasteiger partial charge in [0.05, 0.1) is 18.1 Å². The molecule has 1 aromatic carbocycles. The lowest BCUT2D eigenvalue weighted by atomic mass is 10.2. The van der Waals surface area contributed by atoms with Crippen molar-refractivity contribution in [3.8, 4) is 0 Å². The van der Waals surface area contributed by atoms with Crippen molar-refractivity contribution in [3.63, 3.8) is 0 Å². The minimum atomic E-state index is -3.48. The van der Waals surface area contributed by atoms with Gasteiger partial charge in [-0.25, -0.2) is 8.42 Å². The van der Waals surface area contributed by atoms with E-state index in [0.29, 0.717) is 43.9 Å². The third kappa shape index (κ3) is 4.17. The summed E-state index contributed by atoms with van der Waals surface area (Å²) < 4.78 is 31.7. The van der Waals surface area contributed by atoms with Crippen molar-refractivity contribution in [1.29, 1.82) is 0 Å². The molecular weight excluding hydrogens is 312 g/mol. The van der Waals surface area contributed by atoms with Crippen LogP contribution in [0.15, 0.2) is 23.1 Å². The minimum absolute atomic E-state index is 0.239. The Kier molecular flexibility index (Phi) is 5.62. The van der Waals surface area contributed by atoms with E-state index in [0.717, 1.165) is 5.56 Å². The van der Waals surface area contributed by atoms with Crippen LogP contribution in [0, 0.1) is 0 Å². The van der Waals surface area contributed by atoms with Crippen molar-refractivity contribution in [1.82, 2.24) is 9.62 Å². The van der Waals surface area contributed by atoms with Crippen LogP contribution in [0.1, 0.15) is 19.4 Å². The second kappa shape index (κ2) is 7.07. The predicted octanol–water partition coefficient (Wildman–Crippen LogP) is 1.86. The lowest BCUT2D eigenvalue weighted by Gasteiger charge is -2.26. The van der Waals surface area contributed by atoms with Gasteiger partial charge in [0.1, 0.15) is 0 Å². The molecule has 0 aromatic heterocycles. The molecule has 1 aliphatic heterocycles. The van der Waals surface area contributed by atoms with Crippen molar-refractivity contribution < 1.29 is 13.2 Å². The standard InChI is InChI=1S/C14H21ClN2O3S/c1-11(2)16-10-12-3-4-13(9-14(12)15)21(18,19)17-5-7-20-8-6-17/h3-4,9,11,16H,5-8,10H2,1-2H3. The third-order valence-electron chi connectivity index (χ3n) is 3.33. The Balaban J connectivity index is 2.18. The van der Waals surface area contributed by atoms with E-state index in [1.807, 2.05) is 13.8 Å². The van der Waals surface area contributed by atoms with Crippen LogP contribution in [0.2, 0.25) is 5.02 Å². The fourth-order valence-corrected chi connectivity index (χ4v) is 3.83. The molecule has 0 amide bonds. The van der Waals surface area contributed by atoms with E-state index in [1.165, 1.54) is 10.4 Å². The van der Waals surface area contributed by atoms with Gasteiger partial charge in [-0.15, -0.1) is 0 Å². The number of morpholine rings is 1. The molecule has 1 aromatic rings. The summed E-state index contributed by atoms with van der Waals surface area (Å²) in [5.74, 6) is 0. The van der Waals surface area contributed by atoms with Crippen molar-refractivity contribution in [3.05, 3.63) is 28.8 Å². The van der Waals surface area contributed by atoms with Gasteiger partial charge in [-0.05, 0) is 17.7 Å². The van der Waals surface area contributed by atoms with Crippen LogP contribution in [0.25, 0.3) is 0 Å². The van der Waals surface area contributed by atoms with E-state index in [9.17, 15) is 8.42 Å². The maximum Gasteiger partial charge on any atom is 0.243 e. The molecule has 118 valence electrons. The summed E-state index contributed by atoms with van der Waals surface area (Å²) in [5, 5.41) is 3.73. The summed E-state index contributed by atoms with van der Waals surface area (Å²) in [4.78, 5) is 0.239. The van der Waals surface area contributed by atoms with Crippen molar-refractivity contribution in [2.45, 2.75) is 31.3 Å². The molecule has 1 aliphatic rings. The van der Waals surface area contributed by atoms with Gasteiger partial charge in [0.25, 0.3) is 0 Å². The Morgan fingerprint density at radius 1 is 1.33 bits per heavy atom. The second-order valence-corrected chi connectivity index (χ2v) is 7.65. The third-order valence-corrected chi connectivity index (χ3v) is 5.58. The zero-order valence-corrected chi connectivity index (χ0v) is 13.9. The molecule has 5 nitrogen and oxygen atoms in total. The quantitative estimate of drug-likeness (QED) is 0.894. The first kappa shape index (κ1) is 16.7. The summed E-state index contributed by atoms with van der Waals surface area (Å²) >= 11 is 6.21. The number of rotatable bonds is 5. The average molecular weight is 333 g/mol. The lowest BCUT2D eigenvalue weighted by Crippen LogP contribution is -2.40. The van der Waals surface area contributed by atoms with Crippen LogP contribution < -0.4 is 5.32 Å². The van der Waals surface area contributed by atoms with Crippen LogP contribution in [0.5, 0.6) is 0 Å². The highest BCUT2D eigenvalue weighted by Crippen LogP contribution is 2.24. The number of ether oxygens (including phenoxy) is 1. The van der Waals surface area contributed by atoms with E-state index >= 15 is 0 Å². The Morgan fingerprint density at radius 2 is 2.00 bits per heavy atom. The zero-order valence-electron chi connectivity index (χ0n) is 12.3. The summed E-state index contributed by atoms with van der Waals surface area (Å²) in [6.07, 6.45) is 0. The normalized spacial score (nSPS) is 17.3. The summed E-state index contributed by atoms with van der Waals surface area (Å²) in [7, 11) is -3.48. The molecule has 0 bridgehead atoms. The highest BCUT2D eigenvalue weighted by Gasteiger charge is 2.26. The Hall–Kier alpha value is -0.660. The van der Waals surface area contributed by atoms with Gasteiger partial charge in [-0.1, -0.05) is 31.5 Å². The van der Waals surface area contributed by atoms with Gasteiger partial charge in [-0.3, -0.25) is 0 Å². The van der Waals surface area contributed by atoms with Gasteiger partial charge >= 0.3 is 0 Å². The summed E-state index contributed by atoms with van der Waals surface area (Å²) in [5.41, 5.74) is 0.895. The van der Waals surface area contributed by atoms with Crippen molar-refractivity contribution in [2.75, 3.05) is 26.3 Å². The van der Waals surface area contributed by atoms with Crippen LogP contribution in [-0.4, -0.2) is 45.1 Å². The summed E-state index contributed by atoms with van der Waals surface area (Å²) in [6, 6.07) is 5.26. The number of hydrogen-bond acceptors (Lipinski definition) is 4. The van der Waals surface area contributed by atoms with E-state index in [2.05, 4.69) is 5.32 Å². The first-order chi connectivity index (χ1) is 9.91. The van der Waals surface area contributed by atoms with Crippen LogP contribution in [-0.2, 0) is 21.3 Å². The van der Waals surface area contributed by atoms with Gasteiger partial charge < -0.3 is 10.1 Å². The monoisotopic (exact) mass is 332 g/mol. The fourth-order valence-electron chi connectivity index (χ4n) is 2.08. The van der Waals surface area contributed by atoms with Crippen LogP contribution in [0.3, 0.4) is 0 Å². The Morgan fingerprint density at radius 3 is 2.57 bits per heavy atom. The molecule has 1 heterocycles. The van der Waals surface area contributed by atoms with Crippen LogP contribution in [0.4, 0.5) is 0 Å². The zero-order chi connectivity index (χ0) is 15.5. The minimum Gasteiger partial charge on any atom is -0.379 e. The maximum absolute atomic E-state index is 12.5. The van der Waals surface area contributed by atoms with Gasteiger partial charge in [0.15, 0.2) is 0 Å². The first-order valence-electron chi connectivity index (χ1n) is 7.01. The van der Waals surface area contributed by atoms with E-state index in [1.54, 1.807) is 12.1 Å². The van der Waals surface area contributed by atoms with Gasteiger partial charge in [0, 0.05) is 30.7 Å². The first-order valence-corrected chi connectivity index (χ1v) is 8.83. The van der Waals surface area contributed by atoms with Gasteiger partial charge in [0.2, 0.25) is 10.0 Å². The number of nitrogens with one attached hydrogen (secondary N) is 1. The van der Waals surface area contributed by atoms with Crippen LogP contribution >= 0.6 is 11.6 Å². The molecule has 1 N–H and O–H groups in total. The smallest absolute Gasteiger partial charge is 0.243 e. The molecule has 0 saturated carbocycles. The number of benzene rings is 1. The topological polar surface area (TPSA) is 58.6 Å². The molecule has 7 heteroatoms. The van der Waals surface area contributed by atoms with Crippen molar-refractivity contribution >= 4 is 21.6 Å². The van der Waals surface area contributed by atoms with E-state index in [4.69, 9.17) is 16.3 Å². The van der Waals surface area contributed by atoms with Gasteiger partial charge in [-0.2, -0.15) is 4.31 Å². The second-order valence-electron chi connectivity index (χ2n) is 5.31. The molecule has 0 atom stereocenters. The van der Waals surface area contributed by atoms with E-state index in [-0.39, 0.29) is 4.90 Å². The Labute approximate surface area is 131 Å². The molecule has 0 aliphatic carbocycles. The fraction of sp³-hybridized carbons (Fsp3) is 0.571. The SMILES string of the molecule is CC(C)NCc1ccc(S(=O)(=O)N2CCOCC2)cc1Cl. The molecule has 0 unspecified atom stereocenters. The molecule has 2 rings (SSSR count). The molecule has 0 radical (unpaired) electrons. The molecule has 0 spiro atoms. The molecule has 1 saturated heterocycles. The largest absolute Gasteiger partial charge is 0.379 e. The highest BCUT2D eigenvalue weighted by atomic mass is 35.5. The number of nitrogens with zero attached hydrogens (tertiary/aromatic N) is 1. The average Bonchev–Trinajstić information content (AvgIpc) is 2.46. The maximum atomic E-state index is 12.5. The lowest BCUT2D eigenvalue weighted by molar-refractivity contribution is 0.0730. The molecule has 1 fully saturated rings. The number of halogens is 1.